The molecule has 3 nitrogen and oxygen atoms in total. The summed E-state index contributed by atoms with van der Waals surface area (Å²) in [5.41, 5.74) is 1.88. The van der Waals surface area contributed by atoms with Crippen LogP contribution >= 0.6 is 0 Å². The number of ketones is 1. The van der Waals surface area contributed by atoms with Crippen LogP contribution in [0.4, 0.5) is 0 Å². The van der Waals surface area contributed by atoms with E-state index in [1.54, 1.807) is 0 Å². The number of rotatable bonds is 1. The highest BCUT2D eigenvalue weighted by atomic mass is 16.5. The molecular weight excluding hydrogens is 252 g/mol. The molecule has 3 aliphatic carbocycles. The minimum atomic E-state index is -0.445. The Kier molecular flexibility index (Phi) is 2.90. The van der Waals surface area contributed by atoms with E-state index in [4.69, 9.17) is 4.74 Å². The first-order valence-electron chi connectivity index (χ1n) is 7.69. The van der Waals surface area contributed by atoms with Gasteiger partial charge in [-0.2, -0.15) is 0 Å². The van der Waals surface area contributed by atoms with Gasteiger partial charge < -0.3 is 4.74 Å². The van der Waals surface area contributed by atoms with Gasteiger partial charge in [-0.05, 0) is 55.4 Å². The first-order chi connectivity index (χ1) is 9.34. The van der Waals surface area contributed by atoms with Gasteiger partial charge in [0.25, 0.3) is 0 Å². The van der Waals surface area contributed by atoms with Gasteiger partial charge in [-0.25, -0.2) is 0 Å². The second-order valence-corrected chi connectivity index (χ2v) is 7.35. The molecule has 0 saturated heterocycles. The molecule has 110 valence electrons. The van der Waals surface area contributed by atoms with Crippen molar-refractivity contribution in [1.82, 2.24) is 0 Å². The van der Waals surface area contributed by atoms with Crippen LogP contribution < -0.4 is 0 Å². The molecule has 0 bridgehead atoms. The molecule has 0 N–H and O–H groups in total. The summed E-state index contributed by atoms with van der Waals surface area (Å²) in [4.78, 5) is 24.7. The summed E-state index contributed by atoms with van der Waals surface area (Å²) in [7, 11) is 1.47. The second-order valence-electron chi connectivity index (χ2n) is 7.35. The van der Waals surface area contributed by atoms with E-state index in [1.165, 1.54) is 12.7 Å². The Hall–Kier alpha value is -1.12. The Bertz CT molecular complexity index is 518. The fourth-order valence-electron chi connectivity index (χ4n) is 4.91. The van der Waals surface area contributed by atoms with Crippen molar-refractivity contribution in [2.24, 2.45) is 22.7 Å². The molecule has 0 amide bonds. The van der Waals surface area contributed by atoms with Crippen molar-refractivity contribution in [2.45, 2.75) is 52.9 Å². The zero-order valence-electron chi connectivity index (χ0n) is 12.9. The van der Waals surface area contributed by atoms with E-state index in [0.717, 1.165) is 31.3 Å². The molecule has 3 heteroatoms. The first kappa shape index (κ1) is 13.8. The molecule has 20 heavy (non-hydrogen) atoms. The van der Waals surface area contributed by atoms with Gasteiger partial charge in [-0.1, -0.05) is 19.4 Å². The molecular formula is C17H24O3. The third kappa shape index (κ3) is 1.52. The van der Waals surface area contributed by atoms with Crippen LogP contribution in [0.25, 0.3) is 0 Å². The lowest BCUT2D eigenvalue weighted by Gasteiger charge is -2.50. The van der Waals surface area contributed by atoms with Gasteiger partial charge in [0, 0.05) is 6.42 Å². The number of allylic oxidation sites excluding steroid dienone is 2. The normalized spacial score (nSPS) is 43.5. The Morgan fingerprint density at radius 2 is 2.00 bits per heavy atom. The van der Waals surface area contributed by atoms with Crippen molar-refractivity contribution >= 4 is 11.8 Å². The van der Waals surface area contributed by atoms with E-state index >= 15 is 0 Å². The Labute approximate surface area is 120 Å². The summed E-state index contributed by atoms with van der Waals surface area (Å²) < 4.78 is 5.07. The molecule has 0 spiro atoms. The number of carbonyl (C=O) groups is 2. The largest absolute Gasteiger partial charge is 0.469 e. The van der Waals surface area contributed by atoms with E-state index in [2.05, 4.69) is 13.8 Å². The molecule has 0 radical (unpaired) electrons. The van der Waals surface area contributed by atoms with Crippen LogP contribution in [0.1, 0.15) is 52.9 Å². The average molecular weight is 276 g/mol. The molecule has 2 unspecified atom stereocenters. The van der Waals surface area contributed by atoms with Crippen LogP contribution in [-0.4, -0.2) is 18.9 Å². The first-order valence-corrected chi connectivity index (χ1v) is 7.69. The summed E-state index contributed by atoms with van der Waals surface area (Å²) in [5, 5.41) is 0. The Morgan fingerprint density at radius 3 is 2.65 bits per heavy atom. The van der Waals surface area contributed by atoms with Crippen LogP contribution in [0, 0.1) is 22.7 Å². The monoisotopic (exact) mass is 276 g/mol. The third-order valence-electron chi connectivity index (χ3n) is 6.44. The van der Waals surface area contributed by atoms with E-state index in [0.29, 0.717) is 18.1 Å². The molecule has 0 heterocycles. The third-order valence-corrected chi connectivity index (χ3v) is 6.44. The molecule has 0 aromatic rings. The van der Waals surface area contributed by atoms with Crippen molar-refractivity contribution in [3.63, 3.8) is 0 Å². The van der Waals surface area contributed by atoms with Crippen LogP contribution in [0.5, 0.6) is 0 Å². The van der Waals surface area contributed by atoms with Crippen molar-refractivity contribution < 1.29 is 14.3 Å². The van der Waals surface area contributed by atoms with Crippen molar-refractivity contribution in [3.8, 4) is 0 Å². The fourth-order valence-corrected chi connectivity index (χ4v) is 4.91. The number of ether oxygens (including phenoxy) is 1. The highest BCUT2D eigenvalue weighted by Gasteiger charge is 2.58. The number of hydrogen-bond acceptors (Lipinski definition) is 3. The maximum atomic E-state index is 12.4. The predicted molar refractivity (Wildman–Crippen MR) is 76.0 cm³/mol. The SMILES string of the molecule is COC(=O)[C@@]1(C)CCC2=C3[C@@H]1CCC(C)C3(C)CC2=O. The van der Waals surface area contributed by atoms with Gasteiger partial charge in [0.1, 0.15) is 0 Å². The number of carbonyl (C=O) groups excluding carboxylic acids is 2. The van der Waals surface area contributed by atoms with Gasteiger partial charge in [-0.15, -0.1) is 0 Å². The quantitative estimate of drug-likeness (QED) is 0.690. The topological polar surface area (TPSA) is 43.4 Å². The number of esters is 1. The summed E-state index contributed by atoms with van der Waals surface area (Å²) in [5.74, 6) is 0.944. The average Bonchev–Trinajstić information content (AvgIpc) is 2.69. The van der Waals surface area contributed by atoms with Gasteiger partial charge in [-0.3, -0.25) is 9.59 Å². The molecule has 3 rings (SSSR count). The van der Waals surface area contributed by atoms with E-state index in [-0.39, 0.29) is 17.3 Å². The lowest BCUT2D eigenvalue weighted by Crippen LogP contribution is -2.46. The maximum absolute atomic E-state index is 12.4. The molecule has 3 aliphatic rings. The van der Waals surface area contributed by atoms with Crippen LogP contribution in [-0.2, 0) is 14.3 Å². The van der Waals surface area contributed by atoms with E-state index in [1.807, 2.05) is 6.92 Å². The maximum Gasteiger partial charge on any atom is 0.312 e. The van der Waals surface area contributed by atoms with Crippen molar-refractivity contribution in [3.05, 3.63) is 11.1 Å². The van der Waals surface area contributed by atoms with Gasteiger partial charge in [0.15, 0.2) is 5.78 Å². The zero-order chi connectivity index (χ0) is 14.7. The number of Topliss-reactive ketones (excluding diaryl/α,β-unsaturated/α-hetero) is 1. The second kappa shape index (κ2) is 4.19. The van der Waals surface area contributed by atoms with Crippen LogP contribution in [0.3, 0.4) is 0 Å². The van der Waals surface area contributed by atoms with Crippen molar-refractivity contribution in [2.75, 3.05) is 7.11 Å². The van der Waals surface area contributed by atoms with Crippen LogP contribution in [0.2, 0.25) is 0 Å². The number of hydrogen-bond donors (Lipinski definition) is 0. The van der Waals surface area contributed by atoms with Crippen molar-refractivity contribution in [1.29, 1.82) is 0 Å². The lowest BCUT2D eigenvalue weighted by molar-refractivity contribution is -0.156. The highest BCUT2D eigenvalue weighted by molar-refractivity contribution is 6.01. The summed E-state index contributed by atoms with van der Waals surface area (Å²) in [6, 6.07) is 0. The molecule has 0 aromatic heterocycles. The zero-order valence-corrected chi connectivity index (χ0v) is 12.9. The molecule has 1 saturated carbocycles. The number of methoxy groups -OCH3 is 1. The smallest absolute Gasteiger partial charge is 0.312 e. The van der Waals surface area contributed by atoms with Crippen LogP contribution in [0.15, 0.2) is 11.1 Å². The predicted octanol–water partition coefficient (Wildman–Crippen LogP) is 3.28. The molecule has 0 aliphatic heterocycles. The van der Waals surface area contributed by atoms with Gasteiger partial charge in [0.05, 0.1) is 12.5 Å². The van der Waals surface area contributed by atoms with Gasteiger partial charge >= 0.3 is 5.97 Å². The minimum Gasteiger partial charge on any atom is -0.469 e. The molecule has 0 aromatic carbocycles. The Morgan fingerprint density at radius 1 is 1.30 bits per heavy atom. The Balaban J connectivity index is 2.12. The standard InChI is InChI=1S/C17H24O3/c1-10-5-6-12-14-11(13(18)9-17(10,14)3)7-8-16(12,2)15(19)20-4/h10,12H,5-9H2,1-4H3/t10?,12-,16-,17?/m0/s1. The van der Waals surface area contributed by atoms with Gasteiger partial charge in [0.2, 0.25) is 0 Å². The fraction of sp³-hybridized carbons (Fsp3) is 0.765. The minimum absolute atomic E-state index is 0.0228. The molecule has 1 fully saturated rings. The summed E-state index contributed by atoms with van der Waals surface area (Å²) in [6.07, 6.45) is 4.25. The summed E-state index contributed by atoms with van der Waals surface area (Å²) in [6.45, 7) is 6.52. The lowest BCUT2D eigenvalue weighted by atomic mass is 9.53. The van der Waals surface area contributed by atoms with E-state index < -0.39 is 5.41 Å². The molecule has 4 atom stereocenters. The van der Waals surface area contributed by atoms with E-state index in [9.17, 15) is 9.59 Å². The summed E-state index contributed by atoms with van der Waals surface area (Å²) >= 11 is 0. The highest BCUT2D eigenvalue weighted by Crippen LogP contribution is 2.63.